The first-order valence-electron chi connectivity index (χ1n) is 25.0. The number of esters is 2. The summed E-state index contributed by atoms with van der Waals surface area (Å²) in [4.78, 5) is 25.7. The molecular formula is C50H88O15. The lowest BCUT2D eigenvalue weighted by Gasteiger charge is -2.42. The van der Waals surface area contributed by atoms with Crippen molar-refractivity contribution >= 4 is 11.9 Å². The molecule has 11 atom stereocenters. The van der Waals surface area contributed by atoms with E-state index in [0.717, 1.165) is 70.6 Å². The highest BCUT2D eigenvalue weighted by Gasteiger charge is 2.47. The van der Waals surface area contributed by atoms with Crippen molar-refractivity contribution in [1.82, 2.24) is 0 Å². The number of rotatable bonds is 39. The molecule has 0 aliphatic carbocycles. The predicted molar refractivity (Wildman–Crippen MR) is 247 cm³/mol. The molecule has 4 unspecified atom stereocenters. The monoisotopic (exact) mass is 929 g/mol. The van der Waals surface area contributed by atoms with Gasteiger partial charge in [0.2, 0.25) is 0 Å². The Kier molecular flexibility index (Phi) is 34.1. The lowest BCUT2D eigenvalue weighted by Crippen LogP contribution is -2.61. The quantitative estimate of drug-likeness (QED) is 0.0197. The molecule has 0 aromatic heterocycles. The van der Waals surface area contributed by atoms with Gasteiger partial charge >= 0.3 is 11.9 Å². The topological polar surface area (TPSA) is 231 Å². The zero-order valence-corrected chi connectivity index (χ0v) is 39.6. The molecule has 0 spiro atoms. The third kappa shape index (κ3) is 26.2. The second-order valence-electron chi connectivity index (χ2n) is 17.7. The summed E-state index contributed by atoms with van der Waals surface area (Å²) in [5.74, 6) is -0.943. The molecule has 2 aliphatic heterocycles. The molecule has 7 N–H and O–H groups in total. The van der Waals surface area contributed by atoms with Crippen LogP contribution in [0.15, 0.2) is 37.0 Å². The number of carbonyl (C=O) groups excluding carboxylic acids is 2. The van der Waals surface area contributed by atoms with Gasteiger partial charge in [0.1, 0.15) is 55.4 Å². The van der Waals surface area contributed by atoms with Gasteiger partial charge in [0.15, 0.2) is 18.7 Å². The summed E-state index contributed by atoms with van der Waals surface area (Å²) in [6.45, 7) is 4.06. The first-order valence-corrected chi connectivity index (χ1v) is 25.0. The van der Waals surface area contributed by atoms with Crippen molar-refractivity contribution in [3.05, 3.63) is 37.0 Å². The van der Waals surface area contributed by atoms with Gasteiger partial charge in [-0.15, -0.1) is 6.58 Å². The van der Waals surface area contributed by atoms with E-state index >= 15 is 0 Å². The number of carbonyl (C=O) groups is 2. The summed E-state index contributed by atoms with van der Waals surface area (Å²) in [7, 11) is 0. The zero-order valence-electron chi connectivity index (χ0n) is 39.6. The Morgan fingerprint density at radius 1 is 0.538 bits per heavy atom. The number of ether oxygens (including phenoxy) is 6. The van der Waals surface area contributed by atoms with Crippen molar-refractivity contribution in [2.24, 2.45) is 0 Å². The third-order valence-corrected chi connectivity index (χ3v) is 12.0. The maximum atomic E-state index is 13.0. The molecule has 15 heteroatoms. The van der Waals surface area contributed by atoms with Gasteiger partial charge in [0.25, 0.3) is 0 Å². The van der Waals surface area contributed by atoms with Gasteiger partial charge in [-0.3, -0.25) is 9.59 Å². The van der Waals surface area contributed by atoms with Crippen LogP contribution in [-0.2, 0) is 38.0 Å². The molecule has 2 aliphatic rings. The molecule has 0 radical (unpaired) electrons. The molecule has 65 heavy (non-hydrogen) atoms. The number of allylic oxidation sites excluding steroid dienone is 5. The molecule has 2 fully saturated rings. The van der Waals surface area contributed by atoms with Crippen LogP contribution in [0.1, 0.15) is 174 Å². The van der Waals surface area contributed by atoms with Crippen LogP contribution in [0.3, 0.4) is 0 Å². The highest BCUT2D eigenvalue weighted by atomic mass is 16.7. The molecule has 2 heterocycles. The standard InChI is InChI=1S/C50H88O15/c1-3-5-7-9-11-13-15-17-19-21-23-25-27-29-31-33-42(53)63-38(35-60-41(52)32-30-28-26-24-22-20-18-16-14-12-10-8-6-4-2)36-61-49-48(59)46(57)44(55)40(65-49)37-62-50-47(58)45(56)43(54)39(34-51)64-50/h3,10,12,16,18,38-40,43-51,54-59H,1,4-9,11,13-15,17,19-37H2,2H3/b12-10+,18-16+/t38-,39-,40-,43+,44+,45?,46?,47?,48?,49-,50-/m1/s1. The Hall–Kier alpha value is -2.28. The molecule has 2 rings (SSSR count). The van der Waals surface area contributed by atoms with Crippen molar-refractivity contribution in [1.29, 1.82) is 0 Å². The van der Waals surface area contributed by atoms with Gasteiger partial charge in [0, 0.05) is 12.8 Å². The highest BCUT2D eigenvalue weighted by molar-refractivity contribution is 5.70. The SMILES string of the molecule is C=CCCCCCCCCCCCCCCCC(=O)O[C@H](COC(=O)CCCCCCC/C=C/C/C=C/CCCC)CO[C@@H]1O[C@H](CO[C@@H]2O[C@H](CO)[C@H](O)C(O)C2O)[C@H](O)C(O)C1O. The molecule has 2 saturated heterocycles. The molecule has 378 valence electrons. The van der Waals surface area contributed by atoms with Gasteiger partial charge in [-0.25, -0.2) is 0 Å². The average Bonchev–Trinajstić information content (AvgIpc) is 3.30. The summed E-state index contributed by atoms with van der Waals surface area (Å²) in [5.41, 5.74) is 0. The Labute approximate surface area is 389 Å². The summed E-state index contributed by atoms with van der Waals surface area (Å²) < 4.78 is 33.5. The minimum absolute atomic E-state index is 0.161. The zero-order chi connectivity index (χ0) is 47.5. The van der Waals surface area contributed by atoms with E-state index in [4.69, 9.17) is 28.4 Å². The second-order valence-corrected chi connectivity index (χ2v) is 17.7. The Morgan fingerprint density at radius 3 is 1.54 bits per heavy atom. The largest absolute Gasteiger partial charge is 0.462 e. The Bertz CT molecular complexity index is 1260. The van der Waals surface area contributed by atoms with Gasteiger partial charge in [-0.05, 0) is 51.4 Å². The Balaban J connectivity index is 1.82. The molecule has 15 nitrogen and oxygen atoms in total. The average molecular weight is 929 g/mol. The van der Waals surface area contributed by atoms with Gasteiger partial charge < -0.3 is 64.2 Å². The molecule has 0 bridgehead atoms. The fourth-order valence-corrected chi connectivity index (χ4v) is 7.80. The smallest absolute Gasteiger partial charge is 0.306 e. The van der Waals surface area contributed by atoms with E-state index in [9.17, 15) is 45.3 Å². The second kappa shape index (κ2) is 37.7. The van der Waals surface area contributed by atoms with Crippen LogP contribution in [0, 0.1) is 0 Å². The third-order valence-electron chi connectivity index (χ3n) is 12.0. The van der Waals surface area contributed by atoms with E-state index < -0.39 is 92.7 Å². The van der Waals surface area contributed by atoms with Gasteiger partial charge in [0.05, 0.1) is 19.8 Å². The van der Waals surface area contributed by atoms with Gasteiger partial charge in [-0.2, -0.15) is 0 Å². The van der Waals surface area contributed by atoms with Crippen LogP contribution in [0.4, 0.5) is 0 Å². The minimum atomic E-state index is -1.77. The van der Waals surface area contributed by atoms with Crippen molar-refractivity contribution in [2.45, 2.75) is 241 Å². The lowest BCUT2D eigenvalue weighted by atomic mass is 9.98. The van der Waals surface area contributed by atoms with Crippen molar-refractivity contribution in [2.75, 3.05) is 26.4 Å². The highest BCUT2D eigenvalue weighted by Crippen LogP contribution is 2.26. The predicted octanol–water partition coefficient (Wildman–Crippen LogP) is 6.54. The molecule has 0 amide bonds. The van der Waals surface area contributed by atoms with E-state index in [1.165, 1.54) is 70.6 Å². The first kappa shape index (κ1) is 58.8. The van der Waals surface area contributed by atoms with E-state index in [2.05, 4.69) is 37.8 Å². The molecule has 0 aromatic carbocycles. The fraction of sp³-hybridized carbons (Fsp3) is 0.840. The summed E-state index contributed by atoms with van der Waals surface area (Å²) in [6, 6.07) is 0. The number of unbranched alkanes of at least 4 members (excludes halogenated alkanes) is 20. The van der Waals surface area contributed by atoms with E-state index in [-0.39, 0.29) is 26.1 Å². The summed E-state index contributed by atoms with van der Waals surface area (Å²) in [6.07, 6.45) is 20.6. The minimum Gasteiger partial charge on any atom is -0.462 e. The van der Waals surface area contributed by atoms with Gasteiger partial charge in [-0.1, -0.05) is 140 Å². The lowest BCUT2D eigenvalue weighted by molar-refractivity contribution is -0.332. The number of aliphatic hydroxyl groups excluding tert-OH is 7. The van der Waals surface area contributed by atoms with Crippen LogP contribution in [-0.4, -0.2) is 142 Å². The van der Waals surface area contributed by atoms with Crippen LogP contribution in [0.25, 0.3) is 0 Å². The van der Waals surface area contributed by atoms with Crippen LogP contribution in [0.2, 0.25) is 0 Å². The fourth-order valence-electron chi connectivity index (χ4n) is 7.80. The van der Waals surface area contributed by atoms with E-state index in [0.29, 0.717) is 12.8 Å². The summed E-state index contributed by atoms with van der Waals surface area (Å²) in [5, 5.41) is 72.0. The summed E-state index contributed by atoms with van der Waals surface area (Å²) >= 11 is 0. The maximum Gasteiger partial charge on any atom is 0.306 e. The number of aliphatic hydroxyl groups is 7. The van der Waals surface area contributed by atoms with Crippen molar-refractivity contribution in [3.63, 3.8) is 0 Å². The molecule has 0 aromatic rings. The first-order chi connectivity index (χ1) is 31.5. The maximum absolute atomic E-state index is 13.0. The normalized spacial score (nSPS) is 26.5. The number of hydrogen-bond acceptors (Lipinski definition) is 15. The van der Waals surface area contributed by atoms with Crippen LogP contribution in [0.5, 0.6) is 0 Å². The Morgan fingerprint density at radius 2 is 1.00 bits per heavy atom. The van der Waals surface area contributed by atoms with E-state index in [1.54, 1.807) is 0 Å². The number of hydrogen-bond donors (Lipinski definition) is 7. The molecular weight excluding hydrogens is 841 g/mol. The molecule has 0 saturated carbocycles. The van der Waals surface area contributed by atoms with Crippen LogP contribution >= 0.6 is 0 Å². The van der Waals surface area contributed by atoms with E-state index in [1.807, 2.05) is 6.08 Å². The van der Waals surface area contributed by atoms with Crippen molar-refractivity contribution < 1.29 is 73.8 Å². The van der Waals surface area contributed by atoms with Crippen LogP contribution < -0.4 is 0 Å². The van der Waals surface area contributed by atoms with Crippen molar-refractivity contribution in [3.8, 4) is 0 Å².